The average Bonchev–Trinajstić information content (AvgIpc) is 2.90. The number of rotatable bonds is 5. The van der Waals surface area contributed by atoms with Crippen LogP contribution < -0.4 is 10.6 Å². The number of aromatic nitrogens is 2. The minimum atomic E-state index is -0.566. The maximum atomic E-state index is 13.7. The number of amides is 2. The zero-order chi connectivity index (χ0) is 19.6. The van der Waals surface area contributed by atoms with E-state index in [0.29, 0.717) is 5.69 Å². The van der Waals surface area contributed by atoms with Crippen LogP contribution in [0.2, 0.25) is 0 Å². The van der Waals surface area contributed by atoms with E-state index in [4.69, 9.17) is 0 Å². The first-order valence-electron chi connectivity index (χ1n) is 8.05. The summed E-state index contributed by atoms with van der Waals surface area (Å²) in [6, 6.07) is 4.02. The van der Waals surface area contributed by atoms with Gasteiger partial charge in [-0.3, -0.25) is 9.59 Å². The Labute approximate surface area is 163 Å². The molecule has 0 radical (unpaired) electrons. The van der Waals surface area contributed by atoms with E-state index in [0.717, 1.165) is 20.8 Å². The van der Waals surface area contributed by atoms with Gasteiger partial charge in [0.1, 0.15) is 22.0 Å². The molecule has 6 nitrogen and oxygen atoms in total. The molecule has 3 rings (SSSR count). The van der Waals surface area contributed by atoms with Crippen molar-refractivity contribution in [3.8, 4) is 0 Å². The molecule has 0 atom stereocenters. The fraction of sp³-hybridized carbons (Fsp3) is 0.222. The van der Waals surface area contributed by atoms with Gasteiger partial charge in [0.25, 0.3) is 0 Å². The van der Waals surface area contributed by atoms with Crippen LogP contribution in [0.3, 0.4) is 0 Å². The van der Waals surface area contributed by atoms with Gasteiger partial charge in [-0.1, -0.05) is 11.8 Å². The summed E-state index contributed by atoms with van der Waals surface area (Å²) in [6.45, 7) is 5.34. The number of carbonyl (C=O) groups is 2. The first kappa shape index (κ1) is 19.2. The number of hydrogen-bond acceptors (Lipinski definition) is 6. The molecule has 0 aliphatic rings. The van der Waals surface area contributed by atoms with Crippen LogP contribution in [0.5, 0.6) is 0 Å². The third-order valence-corrected chi connectivity index (χ3v) is 5.94. The van der Waals surface area contributed by atoms with Crippen molar-refractivity contribution in [2.24, 2.45) is 0 Å². The van der Waals surface area contributed by atoms with Crippen LogP contribution in [-0.2, 0) is 9.59 Å². The third-order valence-electron chi connectivity index (χ3n) is 3.83. The molecule has 2 N–H and O–H groups in total. The van der Waals surface area contributed by atoms with Gasteiger partial charge in [0.05, 0.1) is 11.4 Å². The summed E-state index contributed by atoms with van der Waals surface area (Å²) in [5.74, 6) is -1.06. The van der Waals surface area contributed by atoms with Gasteiger partial charge < -0.3 is 10.6 Å². The summed E-state index contributed by atoms with van der Waals surface area (Å²) < 4.78 is 13.7. The predicted octanol–water partition coefficient (Wildman–Crippen LogP) is 4.14. The van der Waals surface area contributed by atoms with E-state index in [2.05, 4.69) is 20.6 Å². The SMILES string of the molecule is CC(=O)Nc1cc(NC(=O)CSc2ncnc3sc(C)c(C)c23)ccc1F. The third kappa shape index (κ3) is 4.42. The van der Waals surface area contributed by atoms with Crippen molar-refractivity contribution in [3.63, 3.8) is 0 Å². The summed E-state index contributed by atoms with van der Waals surface area (Å²) in [5.41, 5.74) is 1.55. The fourth-order valence-electron chi connectivity index (χ4n) is 2.48. The van der Waals surface area contributed by atoms with Gasteiger partial charge in [-0.2, -0.15) is 0 Å². The standard InChI is InChI=1S/C18H17FN4O2S2/c1-9-10(2)27-18-16(9)17(20-8-21-18)26-7-15(25)23-12-4-5-13(19)14(6-12)22-11(3)24/h4-6,8H,7H2,1-3H3,(H,22,24)(H,23,25). The van der Waals surface area contributed by atoms with Crippen molar-refractivity contribution in [2.45, 2.75) is 25.8 Å². The number of benzene rings is 1. The molecule has 0 saturated heterocycles. The minimum Gasteiger partial charge on any atom is -0.325 e. The van der Waals surface area contributed by atoms with Crippen molar-refractivity contribution in [2.75, 3.05) is 16.4 Å². The summed E-state index contributed by atoms with van der Waals surface area (Å²) in [6.07, 6.45) is 1.50. The number of anilines is 2. The van der Waals surface area contributed by atoms with Gasteiger partial charge in [0.2, 0.25) is 11.8 Å². The smallest absolute Gasteiger partial charge is 0.234 e. The van der Waals surface area contributed by atoms with Crippen LogP contribution in [-0.4, -0.2) is 27.5 Å². The monoisotopic (exact) mass is 404 g/mol. The van der Waals surface area contributed by atoms with Crippen molar-refractivity contribution >= 4 is 56.5 Å². The summed E-state index contributed by atoms with van der Waals surface area (Å²) in [4.78, 5) is 34.1. The second kappa shape index (κ2) is 8.01. The molecule has 2 aromatic heterocycles. The van der Waals surface area contributed by atoms with E-state index in [9.17, 15) is 14.0 Å². The van der Waals surface area contributed by atoms with Gasteiger partial charge in [0, 0.05) is 22.9 Å². The quantitative estimate of drug-likeness (QED) is 0.493. The molecular formula is C18H17FN4O2S2. The Balaban J connectivity index is 1.70. The van der Waals surface area contributed by atoms with Gasteiger partial charge in [-0.25, -0.2) is 14.4 Å². The molecule has 2 amide bonds. The summed E-state index contributed by atoms with van der Waals surface area (Å²) >= 11 is 2.92. The van der Waals surface area contributed by atoms with Crippen molar-refractivity contribution in [3.05, 3.63) is 40.8 Å². The molecule has 140 valence electrons. The summed E-state index contributed by atoms with van der Waals surface area (Å²) in [5, 5.41) is 6.83. The normalized spacial score (nSPS) is 10.8. The van der Waals surface area contributed by atoms with Gasteiger partial charge in [0.15, 0.2) is 0 Å². The Morgan fingerprint density at radius 1 is 1.22 bits per heavy atom. The lowest BCUT2D eigenvalue weighted by atomic mass is 10.2. The average molecular weight is 404 g/mol. The maximum absolute atomic E-state index is 13.7. The molecule has 27 heavy (non-hydrogen) atoms. The molecule has 0 spiro atoms. The lowest BCUT2D eigenvalue weighted by Crippen LogP contribution is -2.15. The van der Waals surface area contributed by atoms with Crippen LogP contribution in [0, 0.1) is 19.7 Å². The van der Waals surface area contributed by atoms with E-state index >= 15 is 0 Å². The van der Waals surface area contributed by atoms with Crippen molar-refractivity contribution in [1.82, 2.24) is 9.97 Å². The lowest BCUT2D eigenvalue weighted by Gasteiger charge is -2.09. The Bertz CT molecular complexity index is 1040. The van der Waals surface area contributed by atoms with Crippen molar-refractivity contribution < 1.29 is 14.0 Å². The van der Waals surface area contributed by atoms with E-state index in [-0.39, 0.29) is 23.3 Å². The van der Waals surface area contributed by atoms with Gasteiger partial charge in [-0.05, 0) is 37.6 Å². The Morgan fingerprint density at radius 3 is 2.74 bits per heavy atom. The second-order valence-electron chi connectivity index (χ2n) is 5.85. The zero-order valence-electron chi connectivity index (χ0n) is 14.9. The highest BCUT2D eigenvalue weighted by atomic mass is 32.2. The molecule has 0 aliphatic heterocycles. The molecule has 0 aliphatic carbocycles. The molecule has 0 unspecified atom stereocenters. The van der Waals surface area contributed by atoms with Crippen LogP contribution in [0.25, 0.3) is 10.2 Å². The van der Waals surface area contributed by atoms with Crippen LogP contribution in [0.4, 0.5) is 15.8 Å². The highest BCUT2D eigenvalue weighted by Crippen LogP contribution is 2.34. The number of aryl methyl sites for hydroxylation is 2. The number of nitrogens with one attached hydrogen (secondary N) is 2. The molecule has 0 saturated carbocycles. The zero-order valence-corrected chi connectivity index (χ0v) is 16.6. The first-order chi connectivity index (χ1) is 12.8. The van der Waals surface area contributed by atoms with Gasteiger partial charge in [-0.15, -0.1) is 11.3 Å². The van der Waals surface area contributed by atoms with E-state index in [1.807, 2.05) is 13.8 Å². The summed E-state index contributed by atoms with van der Waals surface area (Å²) in [7, 11) is 0. The number of thiophene rings is 1. The van der Waals surface area contributed by atoms with E-state index in [1.165, 1.54) is 48.1 Å². The van der Waals surface area contributed by atoms with Crippen LogP contribution in [0.1, 0.15) is 17.4 Å². The largest absolute Gasteiger partial charge is 0.325 e. The number of carbonyl (C=O) groups excluding carboxylic acids is 2. The molecule has 2 heterocycles. The fourth-order valence-corrected chi connectivity index (χ4v) is 4.40. The highest BCUT2D eigenvalue weighted by molar-refractivity contribution is 8.00. The molecule has 3 aromatic rings. The topological polar surface area (TPSA) is 84.0 Å². The second-order valence-corrected chi connectivity index (χ2v) is 8.02. The number of halogens is 1. The molecule has 0 fully saturated rings. The van der Waals surface area contributed by atoms with Crippen LogP contribution in [0.15, 0.2) is 29.6 Å². The molecule has 1 aromatic carbocycles. The number of nitrogens with zero attached hydrogens (tertiary/aromatic N) is 2. The highest BCUT2D eigenvalue weighted by Gasteiger charge is 2.14. The van der Waals surface area contributed by atoms with Crippen molar-refractivity contribution in [1.29, 1.82) is 0 Å². The number of fused-ring (bicyclic) bond motifs is 1. The van der Waals surface area contributed by atoms with E-state index in [1.54, 1.807) is 11.3 Å². The number of hydrogen-bond donors (Lipinski definition) is 2. The van der Waals surface area contributed by atoms with E-state index < -0.39 is 5.82 Å². The number of thioether (sulfide) groups is 1. The molecule has 0 bridgehead atoms. The molecule has 9 heteroatoms. The Morgan fingerprint density at radius 2 is 2.00 bits per heavy atom. The maximum Gasteiger partial charge on any atom is 0.234 e. The Kier molecular flexibility index (Phi) is 5.71. The predicted molar refractivity (Wildman–Crippen MR) is 107 cm³/mol. The molecular weight excluding hydrogens is 387 g/mol. The van der Waals surface area contributed by atoms with Gasteiger partial charge >= 0.3 is 0 Å². The lowest BCUT2D eigenvalue weighted by molar-refractivity contribution is -0.114. The Hall–Kier alpha value is -2.52. The minimum absolute atomic E-state index is 0.0230. The first-order valence-corrected chi connectivity index (χ1v) is 9.86. The van der Waals surface area contributed by atoms with Crippen LogP contribution >= 0.6 is 23.1 Å².